The van der Waals surface area contributed by atoms with Crippen LogP contribution in [0.4, 0.5) is 0 Å². The highest BCUT2D eigenvalue weighted by Crippen LogP contribution is 2.33. The van der Waals surface area contributed by atoms with Crippen molar-refractivity contribution in [2.24, 2.45) is 5.92 Å². The Morgan fingerprint density at radius 1 is 1.05 bits per heavy atom. The molecule has 1 unspecified atom stereocenters. The van der Waals surface area contributed by atoms with E-state index in [2.05, 4.69) is 49.3 Å². The molecule has 4 rings (SSSR count). The predicted octanol–water partition coefficient (Wildman–Crippen LogP) is 6.21. The average molecular weight is 519 g/mol. The van der Waals surface area contributed by atoms with Crippen molar-refractivity contribution in [2.75, 3.05) is 6.54 Å². The van der Waals surface area contributed by atoms with Crippen molar-refractivity contribution in [3.8, 4) is 11.1 Å². The molecule has 0 radical (unpaired) electrons. The lowest BCUT2D eigenvalue weighted by atomic mass is 9.96. The predicted molar refractivity (Wildman–Crippen MR) is 146 cm³/mol. The van der Waals surface area contributed by atoms with Gasteiger partial charge in [0.15, 0.2) is 0 Å². The molecule has 2 aromatic carbocycles. The number of carboxylic acids is 1. The fourth-order valence-corrected chi connectivity index (χ4v) is 4.85. The number of hydrogen-bond donors (Lipinski definition) is 2. The number of pyridine rings is 1. The van der Waals surface area contributed by atoms with Crippen molar-refractivity contribution in [3.63, 3.8) is 0 Å². The van der Waals surface area contributed by atoms with Gasteiger partial charge in [-0.2, -0.15) is 5.10 Å². The number of carboxylic acid groups (broad SMARTS) is 1. The second kappa shape index (κ2) is 11.1. The van der Waals surface area contributed by atoms with E-state index in [0.717, 1.165) is 50.2 Å². The highest BCUT2D eigenvalue weighted by Gasteiger charge is 2.21. The van der Waals surface area contributed by atoms with Crippen LogP contribution in [-0.2, 0) is 4.79 Å². The molecule has 0 bridgehead atoms. The summed E-state index contributed by atoms with van der Waals surface area (Å²) in [7, 11) is 0. The van der Waals surface area contributed by atoms with Gasteiger partial charge in [-0.3, -0.25) is 19.3 Å². The number of nitrogens with one attached hydrogen (secondary N) is 1. The van der Waals surface area contributed by atoms with Crippen LogP contribution in [0, 0.1) is 19.8 Å². The maximum absolute atomic E-state index is 12.5. The van der Waals surface area contributed by atoms with Gasteiger partial charge in [-0.25, -0.2) is 0 Å². The van der Waals surface area contributed by atoms with Crippen LogP contribution in [0.5, 0.6) is 0 Å². The zero-order chi connectivity index (χ0) is 26.7. The SMILES string of the molecule is Cc1cc(Cl)ccc1-c1ccc2c(cnn2C(CC(C)C)c2cnc(C(=O)NCCC(=O)O)c(C)c2)c1. The Morgan fingerprint density at radius 3 is 2.51 bits per heavy atom. The fraction of sp³-hybridized carbons (Fsp3) is 0.310. The molecule has 0 aliphatic rings. The monoisotopic (exact) mass is 518 g/mol. The second-order valence-electron chi connectivity index (χ2n) is 9.80. The number of aryl methyl sites for hydroxylation is 2. The zero-order valence-corrected chi connectivity index (χ0v) is 22.2. The van der Waals surface area contributed by atoms with Crippen LogP contribution >= 0.6 is 11.6 Å². The van der Waals surface area contributed by atoms with E-state index in [1.165, 1.54) is 0 Å². The Morgan fingerprint density at radius 2 is 1.84 bits per heavy atom. The molecule has 0 saturated carbocycles. The number of hydrogen-bond acceptors (Lipinski definition) is 4. The van der Waals surface area contributed by atoms with Crippen LogP contribution in [0.2, 0.25) is 5.02 Å². The number of halogens is 1. The summed E-state index contributed by atoms with van der Waals surface area (Å²) >= 11 is 6.15. The third-order valence-corrected chi connectivity index (χ3v) is 6.64. The third kappa shape index (κ3) is 6.00. The van der Waals surface area contributed by atoms with Gasteiger partial charge < -0.3 is 10.4 Å². The van der Waals surface area contributed by atoms with Crippen LogP contribution < -0.4 is 5.32 Å². The Bertz CT molecular complexity index is 1460. The van der Waals surface area contributed by atoms with Crippen molar-refractivity contribution in [3.05, 3.63) is 82.3 Å². The lowest BCUT2D eigenvalue weighted by Crippen LogP contribution is -2.27. The molecule has 2 heterocycles. The van der Waals surface area contributed by atoms with Crippen LogP contribution in [0.25, 0.3) is 22.0 Å². The molecule has 37 heavy (non-hydrogen) atoms. The van der Waals surface area contributed by atoms with Crippen molar-refractivity contribution < 1.29 is 14.7 Å². The van der Waals surface area contributed by atoms with Gasteiger partial charge in [-0.15, -0.1) is 0 Å². The molecular formula is C29H31ClN4O3. The van der Waals surface area contributed by atoms with Crippen LogP contribution in [-0.4, -0.2) is 38.3 Å². The molecule has 8 heteroatoms. The highest BCUT2D eigenvalue weighted by atomic mass is 35.5. The Labute approximate surface area is 221 Å². The average Bonchev–Trinajstić information content (AvgIpc) is 3.25. The van der Waals surface area contributed by atoms with Crippen molar-refractivity contribution >= 4 is 34.4 Å². The first kappa shape index (κ1) is 26.4. The quantitative estimate of drug-likeness (QED) is 0.274. The van der Waals surface area contributed by atoms with E-state index in [4.69, 9.17) is 21.8 Å². The first-order valence-corrected chi connectivity index (χ1v) is 12.7. The maximum Gasteiger partial charge on any atom is 0.305 e. The Kier molecular flexibility index (Phi) is 7.93. The number of nitrogens with zero attached hydrogens (tertiary/aromatic N) is 3. The summed E-state index contributed by atoms with van der Waals surface area (Å²) in [6.07, 6.45) is 4.33. The molecule has 0 aliphatic carbocycles. The summed E-state index contributed by atoms with van der Waals surface area (Å²) in [5.74, 6) is -0.932. The van der Waals surface area contributed by atoms with Crippen LogP contribution in [0.1, 0.15) is 59.9 Å². The molecule has 0 fully saturated rings. The first-order valence-electron chi connectivity index (χ1n) is 12.3. The van der Waals surface area contributed by atoms with E-state index in [0.29, 0.717) is 11.6 Å². The minimum absolute atomic E-state index is 0.0593. The number of amides is 1. The fourth-order valence-electron chi connectivity index (χ4n) is 4.63. The number of benzene rings is 2. The molecule has 0 aliphatic heterocycles. The third-order valence-electron chi connectivity index (χ3n) is 6.41. The van der Waals surface area contributed by atoms with Gasteiger partial charge in [0, 0.05) is 23.2 Å². The zero-order valence-electron chi connectivity index (χ0n) is 21.5. The summed E-state index contributed by atoms with van der Waals surface area (Å²) in [6.45, 7) is 8.30. The van der Waals surface area contributed by atoms with Gasteiger partial charge in [0.1, 0.15) is 5.69 Å². The summed E-state index contributed by atoms with van der Waals surface area (Å²) in [4.78, 5) is 27.7. The first-order chi connectivity index (χ1) is 17.6. The topological polar surface area (TPSA) is 97.1 Å². The normalized spacial score (nSPS) is 12.2. The smallest absolute Gasteiger partial charge is 0.305 e. The number of fused-ring (bicyclic) bond motifs is 1. The van der Waals surface area contributed by atoms with E-state index in [-0.39, 0.29) is 24.9 Å². The van der Waals surface area contributed by atoms with E-state index in [9.17, 15) is 9.59 Å². The number of carbonyl (C=O) groups is 2. The van der Waals surface area contributed by atoms with Gasteiger partial charge in [-0.05, 0) is 78.3 Å². The van der Waals surface area contributed by atoms with Gasteiger partial charge in [0.25, 0.3) is 5.91 Å². The standard InChI is InChI=1S/C29H31ClN4O3/c1-17(2)11-26(21-12-19(4)28(32-15-21)29(37)31-10-9-27(35)36)34-25-8-5-20(14-22(25)16-33-34)24-7-6-23(30)13-18(24)3/h5-8,12-17,26H,9-11H2,1-4H3,(H,31,37)(H,35,36). The van der Waals surface area contributed by atoms with Crippen LogP contribution in [0.15, 0.2) is 54.9 Å². The van der Waals surface area contributed by atoms with Crippen molar-refractivity contribution in [1.82, 2.24) is 20.1 Å². The van der Waals surface area contributed by atoms with E-state index in [1.807, 2.05) is 42.1 Å². The molecule has 7 nitrogen and oxygen atoms in total. The summed E-state index contributed by atoms with van der Waals surface area (Å²) in [5, 5.41) is 18.0. The van der Waals surface area contributed by atoms with E-state index in [1.54, 1.807) is 6.20 Å². The van der Waals surface area contributed by atoms with Crippen molar-refractivity contribution in [2.45, 2.75) is 46.6 Å². The molecule has 192 valence electrons. The molecule has 2 aromatic heterocycles. The molecule has 2 N–H and O–H groups in total. The number of carbonyl (C=O) groups excluding carboxylic acids is 1. The summed E-state index contributed by atoms with van der Waals surface area (Å²) in [6, 6.07) is 14.2. The second-order valence-corrected chi connectivity index (χ2v) is 10.2. The van der Waals surface area contributed by atoms with Gasteiger partial charge in [-0.1, -0.05) is 43.6 Å². The Hall–Kier alpha value is -3.71. The number of aliphatic carboxylic acids is 1. The summed E-state index contributed by atoms with van der Waals surface area (Å²) < 4.78 is 2.04. The van der Waals surface area contributed by atoms with Gasteiger partial charge in [0.2, 0.25) is 0 Å². The van der Waals surface area contributed by atoms with E-state index < -0.39 is 5.97 Å². The lowest BCUT2D eigenvalue weighted by Gasteiger charge is -2.22. The molecule has 1 atom stereocenters. The van der Waals surface area contributed by atoms with Crippen molar-refractivity contribution in [1.29, 1.82) is 0 Å². The minimum Gasteiger partial charge on any atom is -0.481 e. The largest absolute Gasteiger partial charge is 0.481 e. The minimum atomic E-state index is -0.960. The summed E-state index contributed by atoms with van der Waals surface area (Å²) in [5.41, 5.74) is 6.38. The Balaban J connectivity index is 1.66. The maximum atomic E-state index is 12.5. The van der Waals surface area contributed by atoms with Gasteiger partial charge in [0.05, 0.1) is 24.2 Å². The highest BCUT2D eigenvalue weighted by molar-refractivity contribution is 6.30. The molecule has 0 saturated heterocycles. The number of aromatic nitrogens is 3. The molecular weight excluding hydrogens is 488 g/mol. The van der Waals surface area contributed by atoms with E-state index >= 15 is 0 Å². The number of rotatable bonds is 9. The van der Waals surface area contributed by atoms with Gasteiger partial charge >= 0.3 is 5.97 Å². The van der Waals surface area contributed by atoms with Crippen LogP contribution in [0.3, 0.4) is 0 Å². The molecule has 4 aromatic rings. The molecule has 1 amide bonds. The lowest BCUT2D eigenvalue weighted by molar-refractivity contribution is -0.136. The molecule has 0 spiro atoms.